The van der Waals surface area contributed by atoms with E-state index in [9.17, 15) is 4.39 Å². The third-order valence-corrected chi connectivity index (χ3v) is 4.36. The van der Waals surface area contributed by atoms with E-state index in [2.05, 4.69) is 21.2 Å². The second-order valence-electron chi connectivity index (χ2n) is 5.53. The van der Waals surface area contributed by atoms with Crippen LogP contribution in [0.1, 0.15) is 11.1 Å². The SMILES string of the molecule is Fc1ccc(NCc2cc(Br)ccc2OCc2cccc(Cl)c2)cc1. The zero-order chi connectivity index (χ0) is 17.6. The fourth-order valence-corrected chi connectivity index (χ4v) is 3.00. The molecule has 5 heteroatoms. The van der Waals surface area contributed by atoms with Crippen LogP contribution in [0.5, 0.6) is 5.75 Å². The predicted octanol–water partition coefficient (Wildman–Crippen LogP) is 6.43. The lowest BCUT2D eigenvalue weighted by Gasteiger charge is -2.14. The predicted molar refractivity (Wildman–Crippen MR) is 104 cm³/mol. The van der Waals surface area contributed by atoms with Gasteiger partial charge in [0.25, 0.3) is 0 Å². The quantitative estimate of drug-likeness (QED) is 0.496. The van der Waals surface area contributed by atoms with E-state index >= 15 is 0 Å². The maximum atomic E-state index is 13.0. The summed E-state index contributed by atoms with van der Waals surface area (Å²) in [6, 6.07) is 19.7. The Morgan fingerprint density at radius 1 is 1.00 bits per heavy atom. The Morgan fingerprint density at radius 3 is 2.56 bits per heavy atom. The van der Waals surface area contributed by atoms with E-state index in [1.54, 1.807) is 12.1 Å². The standard InChI is InChI=1S/C20H16BrClFNO/c21-16-4-9-20(25-13-14-2-1-3-17(22)10-14)15(11-16)12-24-19-7-5-18(23)6-8-19/h1-11,24H,12-13H2. The number of nitrogens with one attached hydrogen (secondary N) is 1. The van der Waals surface area contributed by atoms with E-state index in [1.165, 1.54) is 12.1 Å². The van der Waals surface area contributed by atoms with Crippen molar-refractivity contribution < 1.29 is 9.13 Å². The van der Waals surface area contributed by atoms with E-state index in [1.807, 2.05) is 42.5 Å². The molecule has 0 saturated carbocycles. The fourth-order valence-electron chi connectivity index (χ4n) is 2.38. The van der Waals surface area contributed by atoms with Gasteiger partial charge in [-0.05, 0) is 60.2 Å². The van der Waals surface area contributed by atoms with Crippen molar-refractivity contribution in [1.29, 1.82) is 0 Å². The lowest BCUT2D eigenvalue weighted by atomic mass is 10.2. The monoisotopic (exact) mass is 419 g/mol. The Kier molecular flexibility index (Phi) is 5.95. The second kappa shape index (κ2) is 8.37. The summed E-state index contributed by atoms with van der Waals surface area (Å²) in [5.41, 5.74) is 2.86. The minimum absolute atomic E-state index is 0.251. The maximum absolute atomic E-state index is 13.0. The van der Waals surface area contributed by atoms with Gasteiger partial charge < -0.3 is 10.1 Å². The van der Waals surface area contributed by atoms with Crippen LogP contribution >= 0.6 is 27.5 Å². The summed E-state index contributed by atoms with van der Waals surface area (Å²) < 4.78 is 19.9. The lowest BCUT2D eigenvalue weighted by molar-refractivity contribution is 0.303. The summed E-state index contributed by atoms with van der Waals surface area (Å²) in [6.07, 6.45) is 0. The number of hydrogen-bond donors (Lipinski definition) is 1. The molecule has 0 unspecified atom stereocenters. The van der Waals surface area contributed by atoms with E-state index in [0.717, 1.165) is 27.0 Å². The largest absolute Gasteiger partial charge is 0.489 e. The third kappa shape index (κ3) is 5.21. The van der Waals surface area contributed by atoms with Crippen LogP contribution in [0.4, 0.5) is 10.1 Å². The minimum atomic E-state index is -0.251. The molecular weight excluding hydrogens is 405 g/mol. The van der Waals surface area contributed by atoms with E-state index in [4.69, 9.17) is 16.3 Å². The molecule has 128 valence electrons. The Labute approximate surface area is 159 Å². The highest BCUT2D eigenvalue weighted by Crippen LogP contribution is 2.25. The van der Waals surface area contributed by atoms with Crippen molar-refractivity contribution in [2.75, 3.05) is 5.32 Å². The fraction of sp³-hybridized carbons (Fsp3) is 0.100. The molecule has 0 atom stereocenters. The van der Waals surface area contributed by atoms with Gasteiger partial charge in [0, 0.05) is 27.3 Å². The van der Waals surface area contributed by atoms with E-state index in [-0.39, 0.29) is 5.82 Å². The van der Waals surface area contributed by atoms with Crippen LogP contribution in [0.25, 0.3) is 0 Å². The Bertz CT molecular complexity index is 855. The molecule has 0 aliphatic carbocycles. The average Bonchev–Trinajstić information content (AvgIpc) is 2.60. The van der Waals surface area contributed by atoms with Crippen molar-refractivity contribution in [1.82, 2.24) is 0 Å². The molecule has 1 N–H and O–H groups in total. The first-order valence-electron chi connectivity index (χ1n) is 7.75. The first-order chi connectivity index (χ1) is 12.1. The normalized spacial score (nSPS) is 10.5. The Balaban J connectivity index is 1.70. The van der Waals surface area contributed by atoms with Crippen molar-refractivity contribution >= 4 is 33.2 Å². The number of halogens is 3. The molecule has 0 aliphatic rings. The van der Waals surface area contributed by atoms with Crippen LogP contribution in [-0.4, -0.2) is 0 Å². The summed E-state index contributed by atoms with van der Waals surface area (Å²) >= 11 is 9.50. The molecule has 0 fully saturated rings. The highest BCUT2D eigenvalue weighted by Gasteiger charge is 2.06. The van der Waals surface area contributed by atoms with E-state index < -0.39 is 0 Å². The summed E-state index contributed by atoms with van der Waals surface area (Å²) in [6.45, 7) is 1.00. The van der Waals surface area contributed by atoms with Crippen LogP contribution in [0, 0.1) is 5.82 Å². The van der Waals surface area contributed by atoms with Gasteiger partial charge in [0.2, 0.25) is 0 Å². The highest BCUT2D eigenvalue weighted by atomic mass is 79.9. The van der Waals surface area contributed by atoms with Crippen LogP contribution in [-0.2, 0) is 13.2 Å². The van der Waals surface area contributed by atoms with Gasteiger partial charge in [-0.25, -0.2) is 4.39 Å². The summed E-state index contributed by atoms with van der Waals surface area (Å²) in [5, 5.41) is 3.96. The summed E-state index contributed by atoms with van der Waals surface area (Å²) in [4.78, 5) is 0. The van der Waals surface area contributed by atoms with Crippen LogP contribution in [0.2, 0.25) is 5.02 Å². The van der Waals surface area contributed by atoms with Crippen molar-refractivity contribution in [3.8, 4) is 5.75 Å². The van der Waals surface area contributed by atoms with Gasteiger partial charge in [-0.3, -0.25) is 0 Å². The average molecular weight is 421 g/mol. The van der Waals surface area contributed by atoms with Crippen molar-refractivity contribution in [2.24, 2.45) is 0 Å². The van der Waals surface area contributed by atoms with Gasteiger partial charge >= 0.3 is 0 Å². The molecule has 3 aromatic rings. The molecule has 0 bridgehead atoms. The number of hydrogen-bond acceptors (Lipinski definition) is 2. The molecule has 2 nitrogen and oxygen atoms in total. The van der Waals surface area contributed by atoms with Crippen LogP contribution in [0.15, 0.2) is 71.2 Å². The van der Waals surface area contributed by atoms with Crippen LogP contribution < -0.4 is 10.1 Å². The van der Waals surface area contributed by atoms with Gasteiger partial charge in [0.15, 0.2) is 0 Å². The minimum Gasteiger partial charge on any atom is -0.489 e. The number of rotatable bonds is 6. The molecule has 25 heavy (non-hydrogen) atoms. The summed E-state index contributed by atoms with van der Waals surface area (Å²) in [7, 11) is 0. The van der Waals surface area contributed by atoms with Gasteiger partial charge in [-0.2, -0.15) is 0 Å². The molecule has 0 saturated heterocycles. The number of benzene rings is 3. The second-order valence-corrected chi connectivity index (χ2v) is 6.88. The highest BCUT2D eigenvalue weighted by molar-refractivity contribution is 9.10. The van der Waals surface area contributed by atoms with Gasteiger partial charge in [-0.1, -0.05) is 39.7 Å². The number of ether oxygens (including phenoxy) is 1. The molecule has 0 amide bonds. The molecule has 0 radical (unpaired) electrons. The molecule has 0 spiro atoms. The molecule has 3 aromatic carbocycles. The first-order valence-corrected chi connectivity index (χ1v) is 8.92. The lowest BCUT2D eigenvalue weighted by Crippen LogP contribution is -2.04. The van der Waals surface area contributed by atoms with Gasteiger partial charge in [0.1, 0.15) is 18.2 Å². The van der Waals surface area contributed by atoms with Gasteiger partial charge in [-0.15, -0.1) is 0 Å². The summed E-state index contributed by atoms with van der Waals surface area (Å²) in [5.74, 6) is 0.538. The Morgan fingerprint density at radius 2 is 1.80 bits per heavy atom. The van der Waals surface area contributed by atoms with Crippen molar-refractivity contribution in [2.45, 2.75) is 13.2 Å². The number of anilines is 1. The van der Waals surface area contributed by atoms with E-state index in [0.29, 0.717) is 18.2 Å². The molecule has 0 heterocycles. The molecule has 0 aromatic heterocycles. The molecular formula is C20H16BrClFNO. The zero-order valence-electron chi connectivity index (χ0n) is 13.3. The topological polar surface area (TPSA) is 21.3 Å². The molecule has 0 aliphatic heterocycles. The molecule has 3 rings (SSSR count). The maximum Gasteiger partial charge on any atom is 0.124 e. The smallest absolute Gasteiger partial charge is 0.124 e. The van der Waals surface area contributed by atoms with Crippen molar-refractivity contribution in [3.05, 3.63) is 93.2 Å². The van der Waals surface area contributed by atoms with Gasteiger partial charge in [0.05, 0.1) is 0 Å². The third-order valence-electron chi connectivity index (χ3n) is 3.63. The zero-order valence-corrected chi connectivity index (χ0v) is 15.6. The van der Waals surface area contributed by atoms with Crippen LogP contribution in [0.3, 0.4) is 0 Å². The Hall–Kier alpha value is -2.04. The first kappa shape index (κ1) is 17.8. The van der Waals surface area contributed by atoms with Crippen molar-refractivity contribution in [3.63, 3.8) is 0 Å².